The third-order valence-electron chi connectivity index (χ3n) is 4.32. The van der Waals surface area contributed by atoms with E-state index in [0.29, 0.717) is 5.02 Å². The zero-order valence-corrected chi connectivity index (χ0v) is 16.1. The van der Waals surface area contributed by atoms with Gasteiger partial charge in [0, 0.05) is 64.9 Å². The summed E-state index contributed by atoms with van der Waals surface area (Å²) in [5.41, 5.74) is 2.12. The fraction of sp³-hybridized carbons (Fsp3) is 0.333. The van der Waals surface area contributed by atoms with Crippen LogP contribution < -0.4 is 0 Å². The van der Waals surface area contributed by atoms with Crippen LogP contribution in [0.3, 0.4) is 0 Å². The van der Waals surface area contributed by atoms with E-state index in [1.165, 1.54) is 0 Å². The van der Waals surface area contributed by atoms with Gasteiger partial charge in [0.15, 0.2) is 0 Å². The van der Waals surface area contributed by atoms with Gasteiger partial charge in [0.05, 0.1) is 0 Å². The van der Waals surface area contributed by atoms with E-state index in [9.17, 15) is 0 Å². The van der Waals surface area contributed by atoms with Crippen LogP contribution in [0.1, 0.15) is 11.1 Å². The Morgan fingerprint density at radius 2 is 1.29 bits per heavy atom. The molecule has 0 radical (unpaired) electrons. The predicted octanol–water partition coefficient (Wildman–Crippen LogP) is 5.62. The van der Waals surface area contributed by atoms with Gasteiger partial charge in [0.25, 0.3) is 0 Å². The van der Waals surface area contributed by atoms with Crippen LogP contribution in [0.15, 0.2) is 36.4 Å². The number of hydrogen-bond donors (Lipinski definition) is 0. The SMILES string of the molecule is Clc1ccc(CN2CCN(Cc3c(Cl)cccc3Cl)CC2)c(Cl)c1. The topological polar surface area (TPSA) is 6.48 Å². The number of nitrogens with zero attached hydrogens (tertiary/aromatic N) is 2. The van der Waals surface area contributed by atoms with Gasteiger partial charge in [-0.3, -0.25) is 9.80 Å². The van der Waals surface area contributed by atoms with Gasteiger partial charge in [-0.15, -0.1) is 0 Å². The van der Waals surface area contributed by atoms with Crippen LogP contribution in [0.2, 0.25) is 20.1 Å². The molecule has 0 N–H and O–H groups in total. The molecule has 2 nitrogen and oxygen atoms in total. The Hall–Kier alpha value is -0.480. The second-order valence-electron chi connectivity index (χ2n) is 5.99. The lowest BCUT2D eigenvalue weighted by atomic mass is 10.1. The maximum atomic E-state index is 6.27. The molecule has 0 saturated carbocycles. The van der Waals surface area contributed by atoms with E-state index >= 15 is 0 Å². The van der Waals surface area contributed by atoms with Gasteiger partial charge in [0.1, 0.15) is 0 Å². The predicted molar refractivity (Wildman–Crippen MR) is 103 cm³/mol. The third-order valence-corrected chi connectivity index (χ3v) is 5.61. The van der Waals surface area contributed by atoms with Crippen LogP contribution in [0, 0.1) is 0 Å². The molecule has 1 heterocycles. The molecule has 0 atom stereocenters. The summed E-state index contributed by atoms with van der Waals surface area (Å²) in [6.07, 6.45) is 0. The minimum absolute atomic E-state index is 0.671. The first-order chi connectivity index (χ1) is 11.5. The third kappa shape index (κ3) is 4.57. The van der Waals surface area contributed by atoms with Crippen LogP contribution in [-0.4, -0.2) is 36.0 Å². The highest BCUT2D eigenvalue weighted by Crippen LogP contribution is 2.27. The summed E-state index contributed by atoms with van der Waals surface area (Å²) in [7, 11) is 0. The maximum absolute atomic E-state index is 6.27. The quantitative estimate of drug-likeness (QED) is 0.653. The first-order valence-corrected chi connectivity index (χ1v) is 9.35. The molecule has 0 amide bonds. The lowest BCUT2D eigenvalue weighted by Gasteiger charge is -2.35. The lowest BCUT2D eigenvalue weighted by molar-refractivity contribution is 0.122. The molecular weight excluding hydrogens is 386 g/mol. The zero-order valence-electron chi connectivity index (χ0n) is 13.1. The van der Waals surface area contributed by atoms with Crippen molar-refractivity contribution in [3.05, 3.63) is 67.6 Å². The summed E-state index contributed by atoms with van der Waals surface area (Å²) in [6, 6.07) is 11.3. The Labute approximate surface area is 162 Å². The van der Waals surface area contributed by atoms with E-state index in [4.69, 9.17) is 46.4 Å². The van der Waals surface area contributed by atoms with Gasteiger partial charge < -0.3 is 0 Å². The van der Waals surface area contributed by atoms with Crippen molar-refractivity contribution in [1.29, 1.82) is 0 Å². The summed E-state index contributed by atoms with van der Waals surface area (Å²) in [5.74, 6) is 0. The normalized spacial score (nSPS) is 16.5. The minimum Gasteiger partial charge on any atom is -0.296 e. The summed E-state index contributed by atoms with van der Waals surface area (Å²) in [5, 5.41) is 2.87. The van der Waals surface area contributed by atoms with E-state index in [-0.39, 0.29) is 0 Å². The van der Waals surface area contributed by atoms with Gasteiger partial charge in [-0.1, -0.05) is 58.5 Å². The maximum Gasteiger partial charge on any atom is 0.0465 e. The van der Waals surface area contributed by atoms with Crippen molar-refractivity contribution in [3.63, 3.8) is 0 Å². The van der Waals surface area contributed by atoms with Crippen molar-refractivity contribution >= 4 is 46.4 Å². The van der Waals surface area contributed by atoms with Crippen molar-refractivity contribution in [2.24, 2.45) is 0 Å². The first-order valence-electron chi connectivity index (χ1n) is 7.84. The van der Waals surface area contributed by atoms with E-state index in [1.54, 1.807) is 6.07 Å². The Kier molecular flexibility index (Phi) is 6.31. The molecule has 2 aromatic carbocycles. The highest BCUT2D eigenvalue weighted by molar-refractivity contribution is 6.36. The van der Waals surface area contributed by atoms with Gasteiger partial charge in [-0.25, -0.2) is 0 Å². The number of rotatable bonds is 4. The second kappa shape index (κ2) is 8.27. The molecule has 24 heavy (non-hydrogen) atoms. The highest BCUT2D eigenvalue weighted by atomic mass is 35.5. The van der Waals surface area contributed by atoms with Crippen LogP contribution in [0.25, 0.3) is 0 Å². The molecule has 1 fully saturated rings. The minimum atomic E-state index is 0.671. The molecule has 0 aliphatic carbocycles. The second-order valence-corrected chi connectivity index (χ2v) is 7.65. The molecule has 0 aromatic heterocycles. The molecule has 0 unspecified atom stereocenters. The summed E-state index contributed by atoms with van der Waals surface area (Å²) < 4.78 is 0. The first kappa shape index (κ1) is 18.3. The Balaban J connectivity index is 1.56. The smallest absolute Gasteiger partial charge is 0.0465 e. The molecule has 2 aromatic rings. The Morgan fingerprint density at radius 3 is 1.88 bits per heavy atom. The van der Waals surface area contributed by atoms with Crippen LogP contribution in [0.5, 0.6) is 0 Å². The summed E-state index contributed by atoms with van der Waals surface area (Å²) >= 11 is 24.8. The van der Waals surface area contributed by atoms with Crippen LogP contribution in [0.4, 0.5) is 0 Å². The molecule has 128 valence electrons. The Morgan fingerprint density at radius 1 is 0.708 bits per heavy atom. The van der Waals surface area contributed by atoms with Crippen molar-refractivity contribution in [2.75, 3.05) is 26.2 Å². The van der Waals surface area contributed by atoms with Crippen molar-refractivity contribution in [3.8, 4) is 0 Å². The largest absolute Gasteiger partial charge is 0.296 e. The average molecular weight is 404 g/mol. The van der Waals surface area contributed by atoms with Crippen LogP contribution in [-0.2, 0) is 13.1 Å². The molecule has 1 aliphatic rings. The van der Waals surface area contributed by atoms with Crippen molar-refractivity contribution in [2.45, 2.75) is 13.1 Å². The fourth-order valence-corrected chi connectivity index (χ4v) is 3.89. The van der Waals surface area contributed by atoms with E-state index < -0.39 is 0 Å². The summed E-state index contributed by atoms with van der Waals surface area (Å²) in [6.45, 7) is 5.56. The molecular formula is C18H18Cl4N2. The number of piperazine rings is 1. The molecule has 1 saturated heterocycles. The van der Waals surface area contributed by atoms with Gasteiger partial charge >= 0.3 is 0 Å². The standard InChI is InChI=1S/C18H18Cl4N2/c19-14-5-4-13(18(22)10-14)11-23-6-8-24(9-7-23)12-15-16(20)2-1-3-17(15)21/h1-5,10H,6-9,11-12H2. The number of halogens is 4. The monoisotopic (exact) mass is 402 g/mol. The van der Waals surface area contributed by atoms with E-state index in [1.807, 2.05) is 30.3 Å². The van der Waals surface area contributed by atoms with Crippen LogP contribution >= 0.6 is 46.4 Å². The number of benzene rings is 2. The molecule has 3 rings (SSSR count). The number of hydrogen-bond acceptors (Lipinski definition) is 2. The van der Waals surface area contributed by atoms with Gasteiger partial charge in [0.2, 0.25) is 0 Å². The van der Waals surface area contributed by atoms with Crippen molar-refractivity contribution < 1.29 is 0 Å². The Bertz CT molecular complexity index is 692. The van der Waals surface area contributed by atoms with E-state index in [2.05, 4.69) is 9.80 Å². The molecule has 0 bridgehead atoms. The summed E-state index contributed by atoms with van der Waals surface area (Å²) in [4.78, 5) is 4.78. The van der Waals surface area contributed by atoms with Crippen molar-refractivity contribution in [1.82, 2.24) is 9.80 Å². The lowest BCUT2D eigenvalue weighted by Crippen LogP contribution is -2.45. The zero-order chi connectivity index (χ0) is 17.1. The van der Waals surface area contributed by atoms with E-state index in [0.717, 1.165) is 65.5 Å². The van der Waals surface area contributed by atoms with Gasteiger partial charge in [-0.05, 0) is 29.8 Å². The van der Waals surface area contributed by atoms with Gasteiger partial charge in [-0.2, -0.15) is 0 Å². The molecule has 1 aliphatic heterocycles. The molecule has 0 spiro atoms. The average Bonchev–Trinajstić information content (AvgIpc) is 2.55. The molecule has 6 heteroatoms. The highest BCUT2D eigenvalue weighted by Gasteiger charge is 2.19. The fourth-order valence-electron chi connectivity index (χ4n) is 2.90.